The van der Waals surface area contributed by atoms with Gasteiger partial charge in [-0.05, 0) is 12.1 Å². The van der Waals surface area contributed by atoms with E-state index in [1.165, 1.54) is 24.9 Å². The van der Waals surface area contributed by atoms with Crippen molar-refractivity contribution < 1.29 is 24.3 Å². The highest BCUT2D eigenvalue weighted by atomic mass is 35.5. The topological polar surface area (TPSA) is 147 Å². The van der Waals surface area contributed by atoms with Crippen molar-refractivity contribution in [2.24, 2.45) is 5.16 Å². The fourth-order valence-corrected chi connectivity index (χ4v) is 4.22. The number of anilines is 1. The Labute approximate surface area is 162 Å². The van der Waals surface area contributed by atoms with E-state index in [1.807, 2.05) is 0 Å². The van der Waals surface area contributed by atoms with Gasteiger partial charge in [0.2, 0.25) is 0 Å². The zero-order valence-corrected chi connectivity index (χ0v) is 15.5. The Morgan fingerprint density at radius 3 is 2.89 bits per heavy atom. The molecule has 1 saturated heterocycles. The van der Waals surface area contributed by atoms with E-state index in [4.69, 9.17) is 22.2 Å². The number of halogens is 1. The maximum atomic E-state index is 12.6. The highest BCUT2D eigenvalue weighted by Gasteiger charge is 2.54. The fraction of sp³-hybridized carbons (Fsp3) is 0.267. The van der Waals surface area contributed by atoms with Gasteiger partial charge in [-0.2, -0.15) is 0 Å². The normalized spacial score (nSPS) is 22.1. The summed E-state index contributed by atoms with van der Waals surface area (Å²) in [6, 6.07) is 3.73. The zero-order valence-electron chi connectivity index (χ0n) is 13.9. The van der Waals surface area contributed by atoms with Gasteiger partial charge in [0, 0.05) is 5.75 Å². The minimum atomic E-state index is -1.30. The molecule has 1 aromatic heterocycles. The van der Waals surface area contributed by atoms with Crippen molar-refractivity contribution in [3.63, 3.8) is 0 Å². The molecule has 3 heterocycles. The molecule has 4 N–H and O–H groups in total. The molecule has 12 heteroatoms. The maximum Gasteiger partial charge on any atom is 0.353 e. The van der Waals surface area contributed by atoms with E-state index in [0.29, 0.717) is 0 Å². The molecule has 2 aliphatic heterocycles. The van der Waals surface area contributed by atoms with Crippen LogP contribution in [0.1, 0.15) is 5.69 Å². The van der Waals surface area contributed by atoms with Gasteiger partial charge in [-0.25, -0.2) is 9.78 Å². The third-order valence-electron chi connectivity index (χ3n) is 3.82. The largest absolute Gasteiger partial charge is 0.477 e. The Kier molecular flexibility index (Phi) is 5.24. The summed E-state index contributed by atoms with van der Waals surface area (Å²) in [5.41, 5.74) is 5.36. The number of rotatable bonds is 5. The van der Waals surface area contributed by atoms with Crippen LogP contribution in [0, 0.1) is 0 Å². The molecule has 3 rings (SSSR count). The molecule has 1 aromatic rings. The molecule has 142 valence electrons. The standard InChI is InChI=1S/C15H14ClN5O5S/c1-26-20-9(7-3-2-4-8(17)18-7)12(22)19-10-13(23)21-11(15(24)25)6(16)5-27-14(10)21/h2-4,10,14H,5H2,1H3,(H2,17,18)(H,19,22)(H,24,25)/b20-9-/t10?,14-/m1/s1. The van der Waals surface area contributed by atoms with Gasteiger partial charge in [-0.3, -0.25) is 14.5 Å². The summed E-state index contributed by atoms with van der Waals surface area (Å²) in [6.45, 7) is 0. The number of carboxylic acids is 1. The molecule has 0 bridgehead atoms. The van der Waals surface area contributed by atoms with Crippen LogP contribution in [0.2, 0.25) is 0 Å². The monoisotopic (exact) mass is 411 g/mol. The Balaban J connectivity index is 1.80. The molecule has 0 aliphatic carbocycles. The molecule has 10 nitrogen and oxygen atoms in total. The number of hydrogen-bond acceptors (Lipinski definition) is 8. The number of aliphatic carboxylic acids is 1. The molecule has 1 fully saturated rings. The lowest BCUT2D eigenvalue weighted by molar-refractivity contribution is -0.150. The van der Waals surface area contributed by atoms with Gasteiger partial charge in [-0.15, -0.1) is 11.8 Å². The first-order valence-corrected chi connectivity index (χ1v) is 8.99. The highest BCUT2D eigenvalue weighted by molar-refractivity contribution is 8.00. The van der Waals surface area contributed by atoms with Crippen molar-refractivity contribution >= 4 is 52.7 Å². The van der Waals surface area contributed by atoms with Crippen LogP contribution in [0.15, 0.2) is 34.1 Å². The van der Waals surface area contributed by atoms with Gasteiger partial charge >= 0.3 is 5.97 Å². The number of oxime groups is 1. The Morgan fingerprint density at radius 1 is 1.52 bits per heavy atom. The summed E-state index contributed by atoms with van der Waals surface area (Å²) >= 11 is 7.17. The molecule has 2 aliphatic rings. The second-order valence-electron chi connectivity index (χ2n) is 5.49. The molecule has 0 saturated carbocycles. The number of fused-ring (bicyclic) bond motifs is 1. The van der Waals surface area contributed by atoms with E-state index in [0.717, 1.165) is 4.90 Å². The van der Waals surface area contributed by atoms with E-state index in [9.17, 15) is 19.5 Å². The first-order valence-electron chi connectivity index (χ1n) is 7.56. The van der Waals surface area contributed by atoms with Crippen molar-refractivity contribution in [3.8, 4) is 0 Å². The lowest BCUT2D eigenvalue weighted by atomic mass is 10.0. The Bertz CT molecular complexity index is 889. The molecule has 0 spiro atoms. The first kappa shape index (κ1) is 19.0. The summed E-state index contributed by atoms with van der Waals surface area (Å²) in [4.78, 5) is 46.1. The summed E-state index contributed by atoms with van der Waals surface area (Å²) in [5.74, 6) is -2.17. The zero-order chi connectivity index (χ0) is 19.7. The number of nitrogen functional groups attached to an aromatic ring is 1. The van der Waals surface area contributed by atoms with Crippen LogP contribution in [-0.2, 0) is 19.2 Å². The quantitative estimate of drug-likeness (QED) is 0.347. The van der Waals surface area contributed by atoms with Crippen LogP contribution in [-0.4, -0.2) is 62.8 Å². The molecule has 0 aromatic carbocycles. The number of nitrogens with two attached hydrogens (primary N) is 1. The second-order valence-corrected chi connectivity index (χ2v) is 7.05. The number of carbonyl (C=O) groups is 3. The van der Waals surface area contributed by atoms with E-state index < -0.39 is 29.2 Å². The molecular weight excluding hydrogens is 398 g/mol. The number of thioether (sulfide) groups is 1. The van der Waals surface area contributed by atoms with E-state index in [1.54, 1.807) is 12.1 Å². The van der Waals surface area contributed by atoms with Crippen molar-refractivity contribution in [2.75, 3.05) is 18.6 Å². The first-order chi connectivity index (χ1) is 12.8. The van der Waals surface area contributed by atoms with Crippen LogP contribution in [0.4, 0.5) is 5.82 Å². The Morgan fingerprint density at radius 2 is 2.26 bits per heavy atom. The second kappa shape index (κ2) is 7.45. The highest BCUT2D eigenvalue weighted by Crippen LogP contribution is 2.41. The molecule has 2 amide bonds. The van der Waals surface area contributed by atoms with Gasteiger partial charge in [0.05, 0.1) is 5.03 Å². The summed E-state index contributed by atoms with van der Waals surface area (Å²) < 4.78 is 0. The minimum absolute atomic E-state index is 0.0764. The van der Waals surface area contributed by atoms with Crippen LogP contribution in [0.25, 0.3) is 0 Å². The van der Waals surface area contributed by atoms with Crippen LogP contribution < -0.4 is 11.1 Å². The van der Waals surface area contributed by atoms with Gasteiger partial charge in [0.15, 0.2) is 5.71 Å². The fourth-order valence-electron chi connectivity index (χ4n) is 2.67. The number of carboxylic acid groups (broad SMARTS) is 1. The third kappa shape index (κ3) is 3.43. The van der Waals surface area contributed by atoms with Gasteiger partial charge in [-0.1, -0.05) is 22.8 Å². The summed E-state index contributed by atoms with van der Waals surface area (Å²) in [5, 5.41) is 15.0. The maximum absolute atomic E-state index is 12.6. The number of pyridine rings is 1. The SMILES string of the molecule is CO/N=C(\C(=O)NC1C(=O)N2C(C(=O)O)=C(Cl)CS[C@H]12)c1cccc(N)n1. The Hall–Kier alpha value is -2.79. The number of amides is 2. The molecule has 1 unspecified atom stereocenters. The predicted octanol–water partition coefficient (Wildman–Crippen LogP) is -0.0508. The van der Waals surface area contributed by atoms with E-state index >= 15 is 0 Å². The minimum Gasteiger partial charge on any atom is -0.477 e. The summed E-state index contributed by atoms with van der Waals surface area (Å²) in [6.07, 6.45) is 0. The number of hydrogen-bond donors (Lipinski definition) is 3. The number of nitrogens with one attached hydrogen (secondary N) is 1. The van der Waals surface area contributed by atoms with Gasteiger partial charge in [0.1, 0.15) is 35.7 Å². The van der Waals surface area contributed by atoms with Crippen molar-refractivity contribution in [2.45, 2.75) is 11.4 Å². The molecule has 0 radical (unpaired) electrons. The van der Waals surface area contributed by atoms with Crippen LogP contribution in [0.5, 0.6) is 0 Å². The van der Waals surface area contributed by atoms with Crippen molar-refractivity contribution in [1.29, 1.82) is 0 Å². The summed E-state index contributed by atoms with van der Waals surface area (Å²) in [7, 11) is 1.26. The number of carbonyl (C=O) groups excluding carboxylic acids is 2. The van der Waals surface area contributed by atoms with Crippen LogP contribution >= 0.6 is 23.4 Å². The molecular formula is C15H14ClN5O5S. The predicted molar refractivity (Wildman–Crippen MR) is 97.7 cm³/mol. The van der Waals surface area contributed by atoms with Gasteiger partial charge in [0.25, 0.3) is 11.8 Å². The smallest absolute Gasteiger partial charge is 0.353 e. The lowest BCUT2D eigenvalue weighted by Gasteiger charge is -2.48. The third-order valence-corrected chi connectivity index (χ3v) is 5.57. The van der Waals surface area contributed by atoms with Crippen LogP contribution in [0.3, 0.4) is 0 Å². The van der Waals surface area contributed by atoms with E-state index in [2.05, 4.69) is 15.5 Å². The molecule has 27 heavy (non-hydrogen) atoms. The number of β-lactam (4-membered cyclic amide) rings is 1. The average Bonchev–Trinajstić information content (AvgIpc) is 2.63. The van der Waals surface area contributed by atoms with Crippen molar-refractivity contribution in [3.05, 3.63) is 34.6 Å². The lowest BCUT2D eigenvalue weighted by Crippen LogP contribution is -2.71. The number of nitrogens with zero attached hydrogens (tertiary/aromatic N) is 3. The molecule has 2 atom stereocenters. The van der Waals surface area contributed by atoms with Crippen molar-refractivity contribution in [1.82, 2.24) is 15.2 Å². The average molecular weight is 412 g/mol. The number of aromatic nitrogens is 1. The van der Waals surface area contributed by atoms with Gasteiger partial charge < -0.3 is 21.0 Å². The van der Waals surface area contributed by atoms with E-state index in [-0.39, 0.29) is 33.7 Å².